The lowest BCUT2D eigenvalue weighted by Crippen LogP contribution is -2.51. The van der Waals surface area contributed by atoms with Gasteiger partial charge in [-0.25, -0.2) is 0 Å². The zero-order valence-electron chi connectivity index (χ0n) is 14.1. The molecule has 3 nitrogen and oxygen atoms in total. The van der Waals surface area contributed by atoms with Gasteiger partial charge in [-0.3, -0.25) is 9.69 Å². The second kappa shape index (κ2) is 8.00. The van der Waals surface area contributed by atoms with E-state index in [1.807, 2.05) is 23.6 Å². The van der Waals surface area contributed by atoms with Crippen molar-refractivity contribution in [3.8, 4) is 0 Å². The summed E-state index contributed by atoms with van der Waals surface area (Å²) in [5, 5.41) is 12.6. The summed E-state index contributed by atoms with van der Waals surface area (Å²) < 4.78 is 0. The number of hydrogen-bond acceptors (Lipinski definition) is 4. The number of rotatable bonds is 3. The first kappa shape index (κ1) is 18.6. The highest BCUT2D eigenvalue weighted by atomic mass is 35.5. The minimum Gasteiger partial charge on any atom is -0.391 e. The smallest absolute Gasteiger partial charge is 0.175 e. The van der Waals surface area contributed by atoms with E-state index in [2.05, 4.69) is 23.1 Å². The van der Waals surface area contributed by atoms with Gasteiger partial charge in [-0.2, -0.15) is 0 Å². The Morgan fingerprint density at radius 3 is 2.36 bits per heavy atom. The van der Waals surface area contributed by atoms with E-state index in [0.29, 0.717) is 5.78 Å². The van der Waals surface area contributed by atoms with Crippen LogP contribution < -0.4 is 0 Å². The van der Waals surface area contributed by atoms with Crippen LogP contribution in [-0.4, -0.2) is 41.0 Å². The second-order valence-electron chi connectivity index (χ2n) is 6.96. The number of aliphatic hydroxyl groups excluding tert-OH is 1. The average molecular weight is 378 g/mol. The number of carbonyl (C=O) groups is 1. The molecule has 5 heteroatoms. The quantitative estimate of drug-likeness (QED) is 0.831. The van der Waals surface area contributed by atoms with Gasteiger partial charge in [0.1, 0.15) is 0 Å². The van der Waals surface area contributed by atoms with Crippen LogP contribution in [0.2, 0.25) is 0 Å². The molecule has 1 N–H and O–H groups in total. The zero-order chi connectivity index (χ0) is 16.5. The molecule has 4 rings (SSSR count). The van der Waals surface area contributed by atoms with Crippen LogP contribution in [0.5, 0.6) is 0 Å². The summed E-state index contributed by atoms with van der Waals surface area (Å²) in [6, 6.07) is 12.5. The largest absolute Gasteiger partial charge is 0.391 e. The van der Waals surface area contributed by atoms with Gasteiger partial charge >= 0.3 is 0 Å². The average Bonchev–Trinajstić information content (AvgIpc) is 3.15. The summed E-state index contributed by atoms with van der Waals surface area (Å²) in [5.41, 5.74) is 2.65. The fourth-order valence-corrected chi connectivity index (χ4v) is 4.91. The van der Waals surface area contributed by atoms with Crippen molar-refractivity contribution in [2.45, 2.75) is 37.8 Å². The first-order valence-corrected chi connectivity index (χ1v) is 9.67. The summed E-state index contributed by atoms with van der Waals surface area (Å²) in [5.74, 6) is 0.451. The minimum atomic E-state index is -0.301. The van der Waals surface area contributed by atoms with E-state index in [1.54, 1.807) is 11.3 Å². The molecule has 25 heavy (non-hydrogen) atoms. The van der Waals surface area contributed by atoms with Crippen molar-refractivity contribution < 1.29 is 9.90 Å². The third kappa shape index (κ3) is 3.82. The Bertz CT molecular complexity index is 710. The van der Waals surface area contributed by atoms with Crippen LogP contribution >= 0.6 is 23.7 Å². The highest BCUT2D eigenvalue weighted by Crippen LogP contribution is 2.30. The van der Waals surface area contributed by atoms with Crippen molar-refractivity contribution in [1.29, 1.82) is 0 Å². The fourth-order valence-electron chi connectivity index (χ4n) is 4.16. The molecule has 134 valence electrons. The normalized spacial score (nSPS) is 24.4. The molecule has 0 saturated carbocycles. The Morgan fingerprint density at radius 1 is 1.04 bits per heavy atom. The first-order valence-electron chi connectivity index (χ1n) is 8.79. The van der Waals surface area contributed by atoms with Gasteiger partial charge in [0.25, 0.3) is 0 Å². The van der Waals surface area contributed by atoms with E-state index in [-0.39, 0.29) is 30.5 Å². The van der Waals surface area contributed by atoms with Crippen molar-refractivity contribution in [1.82, 2.24) is 4.90 Å². The van der Waals surface area contributed by atoms with Gasteiger partial charge in [-0.1, -0.05) is 30.3 Å². The first-order chi connectivity index (χ1) is 11.7. The lowest BCUT2D eigenvalue weighted by Gasteiger charge is -2.41. The van der Waals surface area contributed by atoms with Gasteiger partial charge in [-0.15, -0.1) is 23.7 Å². The highest BCUT2D eigenvalue weighted by molar-refractivity contribution is 7.12. The molecule has 1 aromatic carbocycles. The molecule has 1 aliphatic carbocycles. The summed E-state index contributed by atoms with van der Waals surface area (Å²) in [4.78, 5) is 15.8. The Labute approximate surface area is 159 Å². The monoisotopic (exact) mass is 377 g/mol. The van der Waals surface area contributed by atoms with E-state index in [0.717, 1.165) is 43.6 Å². The number of hydrogen-bond donors (Lipinski definition) is 1. The van der Waals surface area contributed by atoms with Crippen molar-refractivity contribution >= 4 is 29.5 Å². The van der Waals surface area contributed by atoms with Gasteiger partial charge in [-0.05, 0) is 54.9 Å². The van der Waals surface area contributed by atoms with E-state index in [1.165, 1.54) is 11.1 Å². The number of piperidine rings is 1. The van der Waals surface area contributed by atoms with Gasteiger partial charge in [0.15, 0.2) is 5.78 Å². The van der Waals surface area contributed by atoms with E-state index < -0.39 is 0 Å². The van der Waals surface area contributed by atoms with E-state index in [9.17, 15) is 9.90 Å². The number of aliphatic hydroxyl groups is 1. The van der Waals surface area contributed by atoms with Gasteiger partial charge in [0, 0.05) is 18.4 Å². The summed E-state index contributed by atoms with van der Waals surface area (Å²) in [6.45, 7) is 1.82. The number of carbonyl (C=O) groups excluding carboxylic acids is 1. The second-order valence-corrected chi connectivity index (χ2v) is 7.91. The molecule has 1 saturated heterocycles. The predicted octanol–water partition coefficient (Wildman–Crippen LogP) is 3.59. The van der Waals surface area contributed by atoms with Crippen LogP contribution in [0.25, 0.3) is 0 Å². The van der Waals surface area contributed by atoms with Crippen LogP contribution in [0.4, 0.5) is 0 Å². The zero-order valence-corrected chi connectivity index (χ0v) is 15.8. The lowest BCUT2D eigenvalue weighted by molar-refractivity contribution is 0.0240. The number of nitrogens with zero attached hydrogens (tertiary/aromatic N) is 1. The lowest BCUT2D eigenvalue weighted by atomic mass is 9.83. The Hall–Kier alpha value is -1.20. The predicted molar refractivity (Wildman–Crippen MR) is 104 cm³/mol. The highest BCUT2D eigenvalue weighted by Gasteiger charge is 2.35. The van der Waals surface area contributed by atoms with Crippen molar-refractivity contribution in [2.24, 2.45) is 5.92 Å². The summed E-state index contributed by atoms with van der Waals surface area (Å²) in [7, 11) is 0. The van der Waals surface area contributed by atoms with Crippen LogP contribution in [0.1, 0.15) is 33.6 Å². The molecule has 2 aliphatic rings. The van der Waals surface area contributed by atoms with Gasteiger partial charge in [0.2, 0.25) is 0 Å². The summed E-state index contributed by atoms with van der Waals surface area (Å²) >= 11 is 1.54. The van der Waals surface area contributed by atoms with Crippen LogP contribution in [-0.2, 0) is 12.8 Å². The van der Waals surface area contributed by atoms with Crippen LogP contribution in [0, 0.1) is 5.92 Å². The Kier molecular flexibility index (Phi) is 5.95. The maximum atomic E-state index is 12.5. The molecule has 2 heterocycles. The van der Waals surface area contributed by atoms with Crippen molar-refractivity contribution in [3.05, 3.63) is 57.8 Å². The molecule has 2 aromatic rings. The summed E-state index contributed by atoms with van der Waals surface area (Å²) in [6.07, 6.45) is 3.17. The molecular formula is C20H24ClNO2S. The molecule has 1 aromatic heterocycles. The molecule has 1 fully saturated rings. The third-order valence-electron chi connectivity index (χ3n) is 5.55. The van der Waals surface area contributed by atoms with Crippen molar-refractivity contribution in [2.75, 3.05) is 13.1 Å². The molecule has 0 amide bonds. The van der Waals surface area contributed by atoms with Crippen LogP contribution in [0.3, 0.4) is 0 Å². The maximum absolute atomic E-state index is 12.5. The number of Topliss-reactive ketones (excluding diaryl/α,β-unsaturated/α-hetero) is 1. The Morgan fingerprint density at radius 2 is 1.72 bits per heavy atom. The molecule has 1 aliphatic heterocycles. The molecule has 0 unspecified atom stereocenters. The maximum Gasteiger partial charge on any atom is 0.175 e. The number of fused-ring (bicyclic) bond motifs is 1. The molecule has 0 bridgehead atoms. The minimum absolute atomic E-state index is 0. The topological polar surface area (TPSA) is 40.5 Å². The number of thiophene rings is 1. The van der Waals surface area contributed by atoms with Crippen LogP contribution in [0.15, 0.2) is 41.8 Å². The SMILES string of the molecule is Cl.O=C(c1cccs1)C1CCN([C@@H]2Cc3ccccc3C[C@H]2O)CC1. The van der Waals surface area contributed by atoms with Gasteiger partial charge < -0.3 is 5.11 Å². The number of likely N-dealkylation sites (tertiary alicyclic amines) is 1. The number of halogens is 1. The molecular weight excluding hydrogens is 354 g/mol. The fraction of sp³-hybridized carbons (Fsp3) is 0.450. The van der Waals surface area contributed by atoms with Gasteiger partial charge in [0.05, 0.1) is 11.0 Å². The molecule has 2 atom stereocenters. The van der Waals surface area contributed by atoms with E-state index in [4.69, 9.17) is 0 Å². The third-order valence-corrected chi connectivity index (χ3v) is 6.44. The Balaban J connectivity index is 0.00000182. The number of benzene rings is 1. The standard InChI is InChI=1S/C20H23NO2S.ClH/c22-18-13-16-5-2-1-4-15(16)12-17(18)21-9-7-14(8-10-21)20(23)19-6-3-11-24-19;/h1-6,11,14,17-18,22H,7-10,12-13H2;1H/t17-,18-;/m1./s1. The molecule has 0 radical (unpaired) electrons. The number of ketones is 1. The van der Waals surface area contributed by atoms with Crippen molar-refractivity contribution in [3.63, 3.8) is 0 Å². The van der Waals surface area contributed by atoms with E-state index >= 15 is 0 Å². The molecule has 0 spiro atoms.